The number of benzene rings is 2. The summed E-state index contributed by atoms with van der Waals surface area (Å²) in [5.41, 5.74) is 8.11. The van der Waals surface area contributed by atoms with Crippen molar-refractivity contribution in [1.82, 2.24) is 10.2 Å². The fourth-order valence-corrected chi connectivity index (χ4v) is 4.90. The highest BCUT2D eigenvalue weighted by molar-refractivity contribution is 5.96. The number of carbonyl (C=O) groups excluding carboxylic acids is 1. The van der Waals surface area contributed by atoms with Crippen LogP contribution in [0, 0.1) is 0 Å². The van der Waals surface area contributed by atoms with E-state index in [2.05, 4.69) is 46.5 Å². The highest BCUT2D eigenvalue weighted by atomic mass is 16.5. The zero-order valence-corrected chi connectivity index (χ0v) is 21.2. The van der Waals surface area contributed by atoms with Crippen LogP contribution in [0.5, 0.6) is 0 Å². The standard InChI is InChI=1S/C28H37N5O3/c1-19(20(2)31-24-9-8-21-6-4-5-7-22(21)16-24)27(30-18-29)28(34)33-13-10-23(11-14-33)32-25-12-15-36-17-26(25)35-3/h4-9,16,18,23,25-26,31-32H,2,10-15,17H2,1,3H3,(H2,29,30)/b27-19-/t25-,26+/m1/s1. The number of aliphatic imine (C=N–C) groups is 1. The lowest BCUT2D eigenvalue weighted by Gasteiger charge is -2.38. The van der Waals surface area contributed by atoms with Crippen LogP contribution in [0.4, 0.5) is 5.69 Å². The lowest BCUT2D eigenvalue weighted by Crippen LogP contribution is -2.54. The number of hydrogen-bond acceptors (Lipinski definition) is 6. The second-order valence-corrected chi connectivity index (χ2v) is 9.39. The minimum Gasteiger partial charge on any atom is -0.390 e. The number of allylic oxidation sites excluding steroid dienone is 1. The molecule has 36 heavy (non-hydrogen) atoms. The Balaban J connectivity index is 1.39. The molecule has 2 aliphatic heterocycles. The molecule has 2 saturated heterocycles. The lowest BCUT2D eigenvalue weighted by molar-refractivity contribution is -0.128. The molecule has 2 atom stereocenters. The number of rotatable bonds is 8. The summed E-state index contributed by atoms with van der Waals surface area (Å²) in [5, 5.41) is 9.34. The Morgan fingerprint density at radius 2 is 1.94 bits per heavy atom. The second-order valence-electron chi connectivity index (χ2n) is 9.39. The van der Waals surface area contributed by atoms with E-state index in [4.69, 9.17) is 15.2 Å². The van der Waals surface area contributed by atoms with Crippen LogP contribution in [0.2, 0.25) is 0 Å². The zero-order chi connectivity index (χ0) is 25.5. The van der Waals surface area contributed by atoms with Gasteiger partial charge in [0.1, 0.15) is 5.70 Å². The molecular formula is C28H37N5O3. The van der Waals surface area contributed by atoms with E-state index in [0.717, 1.165) is 42.3 Å². The van der Waals surface area contributed by atoms with E-state index in [1.165, 1.54) is 6.34 Å². The summed E-state index contributed by atoms with van der Waals surface area (Å²) in [6.45, 7) is 8.68. The average Bonchev–Trinajstić information content (AvgIpc) is 2.91. The Kier molecular flexibility index (Phi) is 8.74. The summed E-state index contributed by atoms with van der Waals surface area (Å²) < 4.78 is 11.1. The van der Waals surface area contributed by atoms with Crippen LogP contribution in [0.15, 0.2) is 71.0 Å². The first-order chi connectivity index (χ1) is 17.5. The molecule has 0 aromatic heterocycles. The number of nitrogens with zero attached hydrogens (tertiary/aromatic N) is 2. The van der Waals surface area contributed by atoms with Crippen LogP contribution in [-0.4, -0.2) is 68.7 Å². The van der Waals surface area contributed by atoms with Crippen molar-refractivity contribution < 1.29 is 14.3 Å². The number of carbonyl (C=O) groups is 1. The fourth-order valence-electron chi connectivity index (χ4n) is 4.90. The Labute approximate surface area is 213 Å². The summed E-state index contributed by atoms with van der Waals surface area (Å²) in [6.07, 6.45) is 3.91. The van der Waals surface area contributed by atoms with E-state index in [1.807, 2.05) is 30.0 Å². The van der Waals surface area contributed by atoms with E-state index in [9.17, 15) is 4.79 Å². The largest absolute Gasteiger partial charge is 0.390 e. The van der Waals surface area contributed by atoms with Gasteiger partial charge in [-0.05, 0) is 49.1 Å². The van der Waals surface area contributed by atoms with Crippen molar-refractivity contribution in [2.24, 2.45) is 10.7 Å². The lowest BCUT2D eigenvalue weighted by atomic mass is 9.99. The van der Waals surface area contributed by atoms with Crippen LogP contribution in [0.1, 0.15) is 26.2 Å². The van der Waals surface area contributed by atoms with Crippen LogP contribution >= 0.6 is 0 Å². The highest BCUT2D eigenvalue weighted by Gasteiger charge is 2.31. The summed E-state index contributed by atoms with van der Waals surface area (Å²) in [5.74, 6) is -0.130. The molecular weight excluding hydrogens is 454 g/mol. The topological polar surface area (TPSA) is 101 Å². The number of fused-ring (bicyclic) bond motifs is 1. The molecule has 4 N–H and O–H groups in total. The number of anilines is 1. The number of methoxy groups -OCH3 is 1. The zero-order valence-electron chi connectivity index (χ0n) is 21.2. The van der Waals surface area contributed by atoms with E-state index in [1.54, 1.807) is 7.11 Å². The second kappa shape index (κ2) is 12.2. The monoisotopic (exact) mass is 491 g/mol. The van der Waals surface area contributed by atoms with E-state index in [0.29, 0.717) is 42.7 Å². The van der Waals surface area contributed by atoms with Crippen molar-refractivity contribution in [3.63, 3.8) is 0 Å². The van der Waals surface area contributed by atoms with Gasteiger partial charge in [0.2, 0.25) is 0 Å². The van der Waals surface area contributed by atoms with Gasteiger partial charge in [-0.3, -0.25) is 4.79 Å². The molecule has 8 heteroatoms. The molecule has 2 aromatic carbocycles. The number of nitrogens with one attached hydrogen (secondary N) is 2. The van der Waals surface area contributed by atoms with Crippen molar-refractivity contribution in [2.75, 3.05) is 38.7 Å². The summed E-state index contributed by atoms with van der Waals surface area (Å²) in [4.78, 5) is 19.5. The molecule has 0 aliphatic carbocycles. The first-order valence-corrected chi connectivity index (χ1v) is 12.6. The van der Waals surface area contributed by atoms with Gasteiger partial charge in [-0.15, -0.1) is 0 Å². The van der Waals surface area contributed by atoms with Gasteiger partial charge in [0.15, 0.2) is 0 Å². The SMILES string of the molecule is C=C(Nc1ccc2ccccc2c1)/C(C)=C(\N=C/N)C(=O)N1CCC(N[C@@H]2CCOC[C@@H]2OC)CC1. The molecule has 2 fully saturated rings. The maximum Gasteiger partial charge on any atom is 0.272 e. The predicted octanol–water partition coefficient (Wildman–Crippen LogP) is 3.41. The minimum absolute atomic E-state index is 0.0654. The molecule has 0 spiro atoms. The number of piperidine rings is 1. The summed E-state index contributed by atoms with van der Waals surface area (Å²) >= 11 is 0. The van der Waals surface area contributed by atoms with Gasteiger partial charge < -0.3 is 30.7 Å². The quantitative estimate of drug-likeness (QED) is 0.226. The summed E-state index contributed by atoms with van der Waals surface area (Å²) in [7, 11) is 1.73. The van der Waals surface area contributed by atoms with E-state index < -0.39 is 0 Å². The van der Waals surface area contributed by atoms with E-state index in [-0.39, 0.29) is 18.1 Å². The number of ether oxygens (including phenoxy) is 2. The molecule has 1 amide bonds. The van der Waals surface area contributed by atoms with Crippen molar-refractivity contribution in [3.8, 4) is 0 Å². The van der Waals surface area contributed by atoms with Gasteiger partial charge in [-0.1, -0.05) is 36.9 Å². The third kappa shape index (κ3) is 6.13. The maximum absolute atomic E-state index is 13.4. The maximum atomic E-state index is 13.4. The van der Waals surface area contributed by atoms with Crippen LogP contribution in [0.25, 0.3) is 10.8 Å². The molecule has 2 heterocycles. The fraction of sp³-hybridized carbons (Fsp3) is 0.429. The van der Waals surface area contributed by atoms with Crippen molar-refractivity contribution in [1.29, 1.82) is 0 Å². The molecule has 192 valence electrons. The molecule has 8 nitrogen and oxygen atoms in total. The molecule has 0 unspecified atom stereocenters. The van der Waals surface area contributed by atoms with Crippen molar-refractivity contribution in [2.45, 2.75) is 44.4 Å². The normalized spacial score (nSPS) is 22.0. The van der Waals surface area contributed by atoms with Crippen LogP contribution in [-0.2, 0) is 14.3 Å². The molecule has 4 rings (SSSR count). The molecule has 2 aromatic rings. The first-order valence-electron chi connectivity index (χ1n) is 12.6. The number of likely N-dealkylation sites (tertiary alicyclic amines) is 1. The average molecular weight is 492 g/mol. The minimum atomic E-state index is -0.130. The summed E-state index contributed by atoms with van der Waals surface area (Å²) in [6, 6.07) is 14.9. The number of nitrogens with two attached hydrogens (primary N) is 1. The van der Waals surface area contributed by atoms with Gasteiger partial charge in [-0.25, -0.2) is 4.99 Å². The predicted molar refractivity (Wildman–Crippen MR) is 145 cm³/mol. The third-order valence-corrected chi connectivity index (χ3v) is 7.10. The van der Waals surface area contributed by atoms with Crippen molar-refractivity contribution >= 4 is 28.7 Å². The molecule has 0 bridgehead atoms. The van der Waals surface area contributed by atoms with E-state index >= 15 is 0 Å². The van der Waals surface area contributed by atoms with Gasteiger partial charge in [0, 0.05) is 55.8 Å². The van der Waals surface area contributed by atoms with Gasteiger partial charge >= 0.3 is 0 Å². The molecule has 0 radical (unpaired) electrons. The molecule has 2 aliphatic rings. The smallest absolute Gasteiger partial charge is 0.272 e. The van der Waals surface area contributed by atoms with Gasteiger partial charge in [-0.2, -0.15) is 0 Å². The number of amides is 1. The van der Waals surface area contributed by atoms with Crippen molar-refractivity contribution in [3.05, 3.63) is 66.0 Å². The Morgan fingerprint density at radius 1 is 1.19 bits per heavy atom. The van der Waals surface area contributed by atoms with Crippen LogP contribution < -0.4 is 16.4 Å². The Morgan fingerprint density at radius 3 is 2.67 bits per heavy atom. The van der Waals surface area contributed by atoms with Gasteiger partial charge in [0.25, 0.3) is 5.91 Å². The molecule has 0 saturated carbocycles. The van der Waals surface area contributed by atoms with Crippen LogP contribution in [0.3, 0.4) is 0 Å². The number of hydrogen-bond donors (Lipinski definition) is 3. The third-order valence-electron chi connectivity index (χ3n) is 7.10. The Hall–Kier alpha value is -3.20. The Bertz CT molecular complexity index is 1140. The van der Waals surface area contributed by atoms with Gasteiger partial charge in [0.05, 0.1) is 19.0 Å². The first kappa shape index (κ1) is 25.9. The highest BCUT2D eigenvalue weighted by Crippen LogP contribution is 2.24.